The molecule has 1 aliphatic rings. The van der Waals surface area contributed by atoms with Gasteiger partial charge in [-0.1, -0.05) is 43.3 Å². The Labute approximate surface area is 178 Å². The quantitative estimate of drug-likeness (QED) is 0.798. The van der Waals surface area contributed by atoms with Crippen LogP contribution in [0.15, 0.2) is 54.2 Å². The van der Waals surface area contributed by atoms with Crippen molar-refractivity contribution in [2.75, 3.05) is 28.3 Å². The van der Waals surface area contributed by atoms with Gasteiger partial charge in [-0.2, -0.15) is 0 Å². The summed E-state index contributed by atoms with van der Waals surface area (Å²) in [7, 11) is 7.17. The van der Waals surface area contributed by atoms with Crippen molar-refractivity contribution in [1.29, 1.82) is 0 Å². The number of benzene rings is 2. The molecule has 0 aromatic heterocycles. The summed E-state index contributed by atoms with van der Waals surface area (Å²) in [5.41, 5.74) is 4.22. The van der Waals surface area contributed by atoms with Gasteiger partial charge in [0.25, 0.3) is 5.91 Å². The van der Waals surface area contributed by atoms with Crippen LogP contribution in [-0.2, 0) is 16.1 Å². The number of ether oxygens (including phenoxy) is 1. The summed E-state index contributed by atoms with van der Waals surface area (Å²) in [4.78, 5) is 29.8. The maximum absolute atomic E-state index is 13.3. The summed E-state index contributed by atoms with van der Waals surface area (Å²) < 4.78 is 5.43. The Kier molecular flexibility index (Phi) is 6.57. The van der Waals surface area contributed by atoms with E-state index in [2.05, 4.69) is 5.32 Å². The lowest BCUT2D eigenvalue weighted by Gasteiger charge is -2.32. The molecule has 0 bridgehead atoms. The topological polar surface area (TPSA) is 61.9 Å². The fraction of sp³-hybridized carbons (Fsp3) is 0.333. The highest BCUT2D eigenvalue weighted by Gasteiger charge is 2.31. The Bertz CT molecular complexity index is 967. The van der Waals surface area contributed by atoms with Crippen molar-refractivity contribution in [3.05, 3.63) is 70.9 Å². The maximum Gasteiger partial charge on any atom is 0.274 e. The molecule has 0 saturated carbocycles. The van der Waals surface area contributed by atoms with Gasteiger partial charge in [-0.15, -0.1) is 0 Å². The zero-order valence-electron chi connectivity index (χ0n) is 18.2. The Hall–Kier alpha value is -3.12. The number of nitrogens with one attached hydrogen (secondary N) is 1. The zero-order valence-corrected chi connectivity index (χ0v) is 18.2. The van der Waals surface area contributed by atoms with E-state index < -0.39 is 5.91 Å². The van der Waals surface area contributed by atoms with Crippen molar-refractivity contribution in [2.45, 2.75) is 25.9 Å². The molecule has 0 radical (unpaired) electrons. The first-order valence-electron chi connectivity index (χ1n) is 10.1. The molecule has 1 unspecified atom stereocenters. The lowest BCUT2D eigenvalue weighted by Crippen LogP contribution is -2.47. The molecule has 2 amide bonds. The summed E-state index contributed by atoms with van der Waals surface area (Å²) in [6, 6.07) is 15.3. The number of methoxy groups -OCH3 is 1. The molecule has 6 heteroatoms. The first-order chi connectivity index (χ1) is 14.4. The number of likely N-dealkylation sites (N-methyl/N-ethyl adjacent to an activating group) is 2. The van der Waals surface area contributed by atoms with Crippen LogP contribution in [-0.4, -0.2) is 55.9 Å². The van der Waals surface area contributed by atoms with Crippen LogP contribution in [0, 0.1) is 0 Å². The second-order valence-electron chi connectivity index (χ2n) is 7.67. The van der Waals surface area contributed by atoms with E-state index in [0.29, 0.717) is 18.7 Å². The highest BCUT2D eigenvalue weighted by atomic mass is 16.5. The largest absolute Gasteiger partial charge is 0.497 e. The van der Waals surface area contributed by atoms with Gasteiger partial charge in [0.05, 0.1) is 13.2 Å². The molecule has 1 aliphatic heterocycles. The van der Waals surface area contributed by atoms with Crippen LogP contribution in [0.4, 0.5) is 0 Å². The van der Waals surface area contributed by atoms with Crippen LogP contribution in [0.5, 0.6) is 5.75 Å². The van der Waals surface area contributed by atoms with E-state index in [1.807, 2.05) is 86.4 Å². The Morgan fingerprint density at radius 2 is 1.87 bits per heavy atom. The van der Waals surface area contributed by atoms with Crippen LogP contribution < -0.4 is 10.1 Å². The van der Waals surface area contributed by atoms with E-state index in [-0.39, 0.29) is 11.9 Å². The molecular weight excluding hydrogens is 378 g/mol. The molecule has 1 atom stereocenters. The summed E-state index contributed by atoms with van der Waals surface area (Å²) >= 11 is 0. The molecule has 3 rings (SSSR count). The van der Waals surface area contributed by atoms with Crippen molar-refractivity contribution in [3.63, 3.8) is 0 Å². The van der Waals surface area contributed by atoms with E-state index in [1.54, 1.807) is 7.11 Å². The number of fused-ring (bicyclic) bond motifs is 1. The molecule has 30 heavy (non-hydrogen) atoms. The Morgan fingerprint density at radius 1 is 1.17 bits per heavy atom. The predicted molar refractivity (Wildman–Crippen MR) is 118 cm³/mol. The molecule has 0 aliphatic carbocycles. The van der Waals surface area contributed by atoms with Gasteiger partial charge >= 0.3 is 0 Å². The SMILES string of the molecule is CCC(C(=O)NC(=O)C1=C(c2ccccc2)c2cc(OC)ccc2CN1C)N(C)C. The van der Waals surface area contributed by atoms with Gasteiger partial charge in [-0.05, 0) is 49.3 Å². The number of amides is 2. The van der Waals surface area contributed by atoms with Crippen molar-refractivity contribution >= 4 is 17.4 Å². The minimum Gasteiger partial charge on any atom is -0.497 e. The maximum atomic E-state index is 13.3. The number of imide groups is 1. The molecule has 0 spiro atoms. The Morgan fingerprint density at radius 3 is 2.47 bits per heavy atom. The van der Waals surface area contributed by atoms with Crippen molar-refractivity contribution in [2.24, 2.45) is 0 Å². The van der Waals surface area contributed by atoms with Crippen LogP contribution in [0.3, 0.4) is 0 Å². The van der Waals surface area contributed by atoms with Crippen molar-refractivity contribution in [1.82, 2.24) is 15.1 Å². The molecule has 1 N–H and O–H groups in total. The molecule has 6 nitrogen and oxygen atoms in total. The molecule has 2 aromatic rings. The average molecular weight is 408 g/mol. The second-order valence-corrected chi connectivity index (χ2v) is 7.67. The molecule has 0 saturated heterocycles. The van der Waals surface area contributed by atoms with Gasteiger partial charge in [-0.3, -0.25) is 19.8 Å². The van der Waals surface area contributed by atoms with Crippen LogP contribution in [0.2, 0.25) is 0 Å². The number of carbonyl (C=O) groups excluding carboxylic acids is 2. The van der Waals surface area contributed by atoms with Crippen LogP contribution >= 0.6 is 0 Å². The standard InChI is InChI=1S/C24H29N3O3/c1-6-20(26(2)3)23(28)25-24(29)22-21(16-10-8-7-9-11-16)19-14-18(30-5)13-12-17(19)15-27(22)4/h7-14,20H,6,15H2,1-5H3,(H,25,28,29). The number of carbonyl (C=O) groups is 2. The van der Waals surface area contributed by atoms with Gasteiger partial charge in [0.15, 0.2) is 0 Å². The summed E-state index contributed by atoms with van der Waals surface area (Å²) in [5.74, 6) is 0.0357. The third-order valence-corrected chi connectivity index (χ3v) is 5.44. The van der Waals surface area contributed by atoms with Gasteiger partial charge < -0.3 is 9.64 Å². The van der Waals surface area contributed by atoms with Crippen LogP contribution in [0.25, 0.3) is 5.57 Å². The first-order valence-corrected chi connectivity index (χ1v) is 10.1. The summed E-state index contributed by atoms with van der Waals surface area (Å²) in [6.07, 6.45) is 0.618. The van der Waals surface area contributed by atoms with Gasteiger partial charge in [0.2, 0.25) is 5.91 Å². The molecule has 158 valence electrons. The lowest BCUT2D eigenvalue weighted by molar-refractivity contribution is -0.132. The third-order valence-electron chi connectivity index (χ3n) is 5.44. The predicted octanol–water partition coefficient (Wildman–Crippen LogP) is 2.88. The number of hydrogen-bond acceptors (Lipinski definition) is 5. The number of hydrogen-bond donors (Lipinski definition) is 1. The second kappa shape index (κ2) is 9.13. The smallest absolute Gasteiger partial charge is 0.274 e. The first kappa shape index (κ1) is 21.6. The lowest BCUT2D eigenvalue weighted by atomic mass is 9.88. The van der Waals surface area contributed by atoms with Gasteiger partial charge in [0.1, 0.15) is 11.4 Å². The number of rotatable bonds is 6. The molecule has 2 aromatic carbocycles. The van der Waals surface area contributed by atoms with E-state index in [0.717, 1.165) is 28.0 Å². The highest BCUT2D eigenvalue weighted by Crippen LogP contribution is 2.37. The number of nitrogens with zero attached hydrogens (tertiary/aromatic N) is 2. The van der Waals surface area contributed by atoms with Crippen molar-refractivity contribution < 1.29 is 14.3 Å². The summed E-state index contributed by atoms with van der Waals surface area (Å²) in [5, 5.41) is 2.62. The molecule has 1 heterocycles. The van der Waals surface area contributed by atoms with E-state index >= 15 is 0 Å². The minimum atomic E-state index is -0.393. The van der Waals surface area contributed by atoms with Gasteiger partial charge in [-0.25, -0.2) is 0 Å². The monoisotopic (exact) mass is 407 g/mol. The summed E-state index contributed by atoms with van der Waals surface area (Å²) in [6.45, 7) is 2.50. The minimum absolute atomic E-state index is 0.294. The molecule has 0 fully saturated rings. The van der Waals surface area contributed by atoms with E-state index in [4.69, 9.17) is 4.74 Å². The Balaban J connectivity index is 2.12. The van der Waals surface area contributed by atoms with Crippen LogP contribution in [0.1, 0.15) is 30.0 Å². The zero-order chi connectivity index (χ0) is 21.8. The normalized spacial score (nSPS) is 14.4. The van der Waals surface area contributed by atoms with Crippen molar-refractivity contribution in [3.8, 4) is 5.75 Å². The third kappa shape index (κ3) is 4.24. The van der Waals surface area contributed by atoms with E-state index in [1.165, 1.54) is 0 Å². The fourth-order valence-corrected chi connectivity index (χ4v) is 3.93. The molecular formula is C24H29N3O3. The fourth-order valence-electron chi connectivity index (χ4n) is 3.93. The highest BCUT2D eigenvalue weighted by molar-refractivity contribution is 6.11. The average Bonchev–Trinajstić information content (AvgIpc) is 2.73. The van der Waals surface area contributed by atoms with E-state index in [9.17, 15) is 9.59 Å². The van der Waals surface area contributed by atoms with Gasteiger partial charge in [0, 0.05) is 19.2 Å².